The SMILES string of the molecule is Cc1cc(C)cc(-c2cncc(N3CCN(c4ccccc4)CC3)n2)c1. The van der Waals surface area contributed by atoms with Crippen LogP contribution in [0.25, 0.3) is 11.3 Å². The molecule has 0 amide bonds. The van der Waals surface area contributed by atoms with Gasteiger partial charge in [-0.05, 0) is 38.1 Å². The van der Waals surface area contributed by atoms with E-state index in [2.05, 4.69) is 77.2 Å². The van der Waals surface area contributed by atoms with Gasteiger partial charge < -0.3 is 9.80 Å². The molecule has 0 N–H and O–H groups in total. The first-order chi connectivity index (χ1) is 12.7. The van der Waals surface area contributed by atoms with Crippen molar-refractivity contribution in [1.82, 2.24) is 9.97 Å². The van der Waals surface area contributed by atoms with E-state index in [-0.39, 0.29) is 0 Å². The van der Waals surface area contributed by atoms with Gasteiger partial charge >= 0.3 is 0 Å². The van der Waals surface area contributed by atoms with Crippen LogP contribution < -0.4 is 9.80 Å². The fourth-order valence-corrected chi connectivity index (χ4v) is 3.60. The van der Waals surface area contributed by atoms with Gasteiger partial charge in [-0.25, -0.2) is 4.98 Å². The fourth-order valence-electron chi connectivity index (χ4n) is 3.60. The number of hydrogen-bond donors (Lipinski definition) is 0. The highest BCUT2D eigenvalue weighted by Crippen LogP contribution is 2.23. The van der Waals surface area contributed by atoms with E-state index in [1.165, 1.54) is 16.8 Å². The molecule has 0 aliphatic carbocycles. The zero-order valence-electron chi connectivity index (χ0n) is 15.4. The van der Waals surface area contributed by atoms with E-state index >= 15 is 0 Å². The molecule has 3 aromatic rings. The van der Waals surface area contributed by atoms with Crippen molar-refractivity contribution in [1.29, 1.82) is 0 Å². The van der Waals surface area contributed by atoms with Crippen LogP contribution >= 0.6 is 0 Å². The molecular formula is C22H24N4. The molecule has 4 heteroatoms. The summed E-state index contributed by atoms with van der Waals surface area (Å²) in [4.78, 5) is 14.1. The van der Waals surface area contributed by atoms with Crippen LogP contribution in [0.2, 0.25) is 0 Å². The highest BCUT2D eigenvalue weighted by atomic mass is 15.3. The summed E-state index contributed by atoms with van der Waals surface area (Å²) in [5.41, 5.74) is 5.88. The quantitative estimate of drug-likeness (QED) is 0.716. The lowest BCUT2D eigenvalue weighted by molar-refractivity contribution is 0.646. The van der Waals surface area contributed by atoms with Crippen LogP contribution in [0.4, 0.5) is 11.5 Å². The Morgan fingerprint density at radius 3 is 2.12 bits per heavy atom. The van der Waals surface area contributed by atoms with E-state index in [0.29, 0.717) is 0 Å². The summed E-state index contributed by atoms with van der Waals surface area (Å²) in [6.45, 7) is 8.16. The first kappa shape index (κ1) is 16.6. The molecule has 0 saturated carbocycles. The molecule has 26 heavy (non-hydrogen) atoms. The number of hydrogen-bond acceptors (Lipinski definition) is 4. The summed E-state index contributed by atoms with van der Waals surface area (Å²) >= 11 is 0. The summed E-state index contributed by atoms with van der Waals surface area (Å²) in [7, 11) is 0. The van der Waals surface area contributed by atoms with Crippen LogP contribution in [0.5, 0.6) is 0 Å². The first-order valence-corrected chi connectivity index (χ1v) is 9.15. The maximum absolute atomic E-state index is 4.89. The summed E-state index contributed by atoms with van der Waals surface area (Å²) in [5, 5.41) is 0. The lowest BCUT2D eigenvalue weighted by atomic mass is 10.1. The van der Waals surface area contributed by atoms with Gasteiger partial charge in [0.1, 0.15) is 5.82 Å². The summed E-state index contributed by atoms with van der Waals surface area (Å²) in [5.74, 6) is 0.967. The van der Waals surface area contributed by atoms with Crippen LogP contribution in [-0.2, 0) is 0 Å². The largest absolute Gasteiger partial charge is 0.368 e. The van der Waals surface area contributed by atoms with Gasteiger partial charge in [0.2, 0.25) is 0 Å². The Labute approximate surface area is 155 Å². The van der Waals surface area contributed by atoms with Crippen LogP contribution in [0.3, 0.4) is 0 Å². The predicted octanol–water partition coefficient (Wildman–Crippen LogP) is 4.09. The van der Waals surface area contributed by atoms with Crippen molar-refractivity contribution >= 4 is 11.5 Å². The Kier molecular flexibility index (Phi) is 4.57. The smallest absolute Gasteiger partial charge is 0.147 e. The molecule has 0 unspecified atom stereocenters. The van der Waals surface area contributed by atoms with Crippen molar-refractivity contribution in [3.05, 3.63) is 72.1 Å². The van der Waals surface area contributed by atoms with Gasteiger partial charge in [-0.1, -0.05) is 35.4 Å². The minimum Gasteiger partial charge on any atom is -0.368 e. The molecule has 1 aromatic heterocycles. The minimum atomic E-state index is 0.944. The van der Waals surface area contributed by atoms with Crippen molar-refractivity contribution in [2.75, 3.05) is 36.0 Å². The van der Waals surface area contributed by atoms with Crippen molar-refractivity contribution in [2.24, 2.45) is 0 Å². The van der Waals surface area contributed by atoms with Crippen LogP contribution in [0.15, 0.2) is 60.9 Å². The second-order valence-electron chi connectivity index (χ2n) is 6.95. The molecule has 2 heterocycles. The lowest BCUT2D eigenvalue weighted by Gasteiger charge is -2.36. The van der Waals surface area contributed by atoms with Gasteiger partial charge in [0.25, 0.3) is 0 Å². The molecular weight excluding hydrogens is 320 g/mol. The molecule has 0 spiro atoms. The van der Waals surface area contributed by atoms with E-state index in [9.17, 15) is 0 Å². The third kappa shape index (κ3) is 3.54. The lowest BCUT2D eigenvalue weighted by Crippen LogP contribution is -2.46. The normalized spacial score (nSPS) is 14.5. The maximum atomic E-state index is 4.89. The second-order valence-corrected chi connectivity index (χ2v) is 6.95. The van der Waals surface area contributed by atoms with Crippen LogP contribution in [-0.4, -0.2) is 36.1 Å². The van der Waals surface area contributed by atoms with Crippen molar-refractivity contribution in [2.45, 2.75) is 13.8 Å². The Bertz CT molecular complexity index is 863. The average molecular weight is 344 g/mol. The number of piperazine rings is 1. The molecule has 0 bridgehead atoms. The number of nitrogens with zero attached hydrogens (tertiary/aromatic N) is 4. The van der Waals surface area contributed by atoms with Crippen LogP contribution in [0, 0.1) is 13.8 Å². The van der Waals surface area contributed by atoms with E-state index in [1.54, 1.807) is 0 Å². The van der Waals surface area contributed by atoms with E-state index in [0.717, 1.165) is 43.3 Å². The second kappa shape index (κ2) is 7.16. The zero-order chi connectivity index (χ0) is 17.9. The average Bonchev–Trinajstić information content (AvgIpc) is 2.68. The Hall–Kier alpha value is -2.88. The monoisotopic (exact) mass is 344 g/mol. The van der Waals surface area contributed by atoms with Gasteiger partial charge in [-0.15, -0.1) is 0 Å². The van der Waals surface area contributed by atoms with E-state index in [4.69, 9.17) is 4.98 Å². The van der Waals surface area contributed by atoms with Gasteiger partial charge in [-0.2, -0.15) is 0 Å². The van der Waals surface area contributed by atoms with E-state index < -0.39 is 0 Å². The predicted molar refractivity (Wildman–Crippen MR) is 108 cm³/mol. The van der Waals surface area contributed by atoms with Gasteiger partial charge in [0.05, 0.1) is 18.1 Å². The molecule has 1 fully saturated rings. The van der Waals surface area contributed by atoms with Gasteiger partial charge in [-0.3, -0.25) is 4.98 Å². The van der Waals surface area contributed by atoms with Crippen LogP contribution in [0.1, 0.15) is 11.1 Å². The molecule has 1 saturated heterocycles. The number of anilines is 2. The zero-order valence-corrected chi connectivity index (χ0v) is 15.4. The molecule has 4 nitrogen and oxygen atoms in total. The number of aryl methyl sites for hydroxylation is 2. The third-order valence-electron chi connectivity index (χ3n) is 4.86. The highest BCUT2D eigenvalue weighted by Gasteiger charge is 2.19. The number of benzene rings is 2. The fraction of sp³-hybridized carbons (Fsp3) is 0.273. The third-order valence-corrected chi connectivity index (χ3v) is 4.86. The van der Waals surface area contributed by atoms with E-state index in [1.807, 2.05) is 12.4 Å². The summed E-state index contributed by atoms with van der Waals surface area (Å²) in [6.07, 6.45) is 3.74. The summed E-state index contributed by atoms with van der Waals surface area (Å²) in [6, 6.07) is 17.1. The van der Waals surface area contributed by atoms with Crippen molar-refractivity contribution in [3.63, 3.8) is 0 Å². The standard InChI is InChI=1S/C22H24N4/c1-17-12-18(2)14-19(13-17)21-15-23-16-22(24-21)26-10-8-25(9-11-26)20-6-4-3-5-7-20/h3-7,12-16H,8-11H2,1-2H3. The molecule has 4 rings (SSSR count). The molecule has 1 aliphatic rings. The topological polar surface area (TPSA) is 32.3 Å². The first-order valence-electron chi connectivity index (χ1n) is 9.15. The maximum Gasteiger partial charge on any atom is 0.147 e. The number of para-hydroxylation sites is 1. The number of rotatable bonds is 3. The molecule has 132 valence electrons. The van der Waals surface area contributed by atoms with Crippen molar-refractivity contribution < 1.29 is 0 Å². The molecule has 1 aliphatic heterocycles. The summed E-state index contributed by atoms with van der Waals surface area (Å²) < 4.78 is 0. The Morgan fingerprint density at radius 2 is 1.42 bits per heavy atom. The molecule has 0 atom stereocenters. The van der Waals surface area contributed by atoms with Gasteiger partial charge in [0.15, 0.2) is 0 Å². The highest BCUT2D eigenvalue weighted by molar-refractivity contribution is 5.62. The Balaban J connectivity index is 1.51. The minimum absolute atomic E-state index is 0.944. The molecule has 2 aromatic carbocycles. The van der Waals surface area contributed by atoms with Gasteiger partial charge in [0, 0.05) is 37.4 Å². The molecule has 0 radical (unpaired) electrons. The Morgan fingerprint density at radius 1 is 0.769 bits per heavy atom. The van der Waals surface area contributed by atoms with Crippen molar-refractivity contribution in [3.8, 4) is 11.3 Å². The number of aromatic nitrogens is 2.